The van der Waals surface area contributed by atoms with E-state index in [2.05, 4.69) is 44.8 Å². The van der Waals surface area contributed by atoms with Gasteiger partial charge in [0.05, 0.1) is 0 Å². The molecule has 2 aliphatic heterocycles. The molecule has 0 aromatic heterocycles. The molecule has 0 aliphatic carbocycles. The normalized spacial score (nSPS) is 22.6. The number of ether oxygens (including phenoxy) is 1. The molecule has 2 fully saturated rings. The minimum Gasteiger partial charge on any atom is -0.444 e. The standard InChI is InChI=1S/C24H45N3O3/c1-9-10-13-27(19-16-23(5,6)25-24(7,8)17-19)20(28)18-11-14-26(15-12-18)21(29)30-22(2,3)4/h18-19,25H,9-17H2,1-8H3. The predicted molar refractivity (Wildman–Crippen MR) is 121 cm³/mol. The van der Waals surface area contributed by atoms with Crippen LogP contribution in [0.5, 0.6) is 0 Å². The molecule has 0 bridgehead atoms. The molecule has 0 radical (unpaired) electrons. The van der Waals surface area contributed by atoms with E-state index in [1.165, 1.54) is 0 Å². The van der Waals surface area contributed by atoms with E-state index in [-0.39, 0.29) is 35.0 Å². The van der Waals surface area contributed by atoms with E-state index in [4.69, 9.17) is 4.74 Å². The number of carbonyl (C=O) groups is 2. The Morgan fingerprint density at radius 3 is 2.07 bits per heavy atom. The lowest BCUT2D eigenvalue weighted by Gasteiger charge is -2.50. The molecule has 2 rings (SSSR count). The lowest BCUT2D eigenvalue weighted by Crippen LogP contribution is -2.63. The Kier molecular flexibility index (Phi) is 7.87. The third kappa shape index (κ3) is 7.14. The van der Waals surface area contributed by atoms with Gasteiger partial charge in [0.1, 0.15) is 5.60 Å². The van der Waals surface area contributed by atoms with Crippen molar-refractivity contribution in [3.05, 3.63) is 0 Å². The number of piperidine rings is 2. The summed E-state index contributed by atoms with van der Waals surface area (Å²) >= 11 is 0. The van der Waals surface area contributed by atoms with Crippen molar-refractivity contribution in [1.29, 1.82) is 0 Å². The zero-order chi connectivity index (χ0) is 22.7. The van der Waals surface area contributed by atoms with Crippen LogP contribution in [0, 0.1) is 5.92 Å². The largest absolute Gasteiger partial charge is 0.444 e. The minimum atomic E-state index is -0.491. The first-order chi connectivity index (χ1) is 13.7. The Morgan fingerprint density at radius 2 is 1.60 bits per heavy atom. The summed E-state index contributed by atoms with van der Waals surface area (Å²) in [5.41, 5.74) is -0.468. The van der Waals surface area contributed by atoms with Crippen LogP contribution in [-0.4, -0.2) is 64.2 Å². The van der Waals surface area contributed by atoms with Gasteiger partial charge in [-0.3, -0.25) is 4.79 Å². The van der Waals surface area contributed by atoms with E-state index in [0.717, 1.165) is 45.1 Å². The Hall–Kier alpha value is -1.30. The molecule has 2 aliphatic rings. The molecule has 1 N–H and O–H groups in total. The Balaban J connectivity index is 2.05. The SMILES string of the molecule is CCCCN(C(=O)C1CCN(C(=O)OC(C)(C)C)CC1)C1CC(C)(C)NC(C)(C)C1. The van der Waals surface area contributed by atoms with Crippen molar-refractivity contribution < 1.29 is 14.3 Å². The first-order valence-corrected chi connectivity index (χ1v) is 11.8. The van der Waals surface area contributed by atoms with Gasteiger partial charge in [-0.05, 0) is 80.6 Å². The van der Waals surface area contributed by atoms with Gasteiger partial charge in [0.25, 0.3) is 0 Å². The van der Waals surface area contributed by atoms with Crippen molar-refractivity contribution >= 4 is 12.0 Å². The number of rotatable bonds is 5. The Labute approximate surface area is 184 Å². The van der Waals surface area contributed by atoms with Crippen molar-refractivity contribution in [3.63, 3.8) is 0 Å². The number of likely N-dealkylation sites (tertiary alicyclic amines) is 1. The van der Waals surface area contributed by atoms with E-state index in [0.29, 0.717) is 13.1 Å². The van der Waals surface area contributed by atoms with Crippen LogP contribution in [0.25, 0.3) is 0 Å². The monoisotopic (exact) mass is 423 g/mol. The van der Waals surface area contributed by atoms with Crippen molar-refractivity contribution in [2.45, 2.75) is 117 Å². The predicted octanol–water partition coefficient (Wildman–Crippen LogP) is 4.57. The summed E-state index contributed by atoms with van der Waals surface area (Å²) in [6.07, 6.45) is 5.24. The maximum Gasteiger partial charge on any atom is 0.410 e. The highest BCUT2D eigenvalue weighted by Gasteiger charge is 2.42. The zero-order valence-corrected chi connectivity index (χ0v) is 20.6. The summed E-state index contributed by atoms with van der Waals surface area (Å²) in [6, 6.07) is 0.263. The van der Waals surface area contributed by atoms with Crippen molar-refractivity contribution in [2.24, 2.45) is 5.92 Å². The molecule has 6 heteroatoms. The summed E-state index contributed by atoms with van der Waals surface area (Å²) in [4.78, 5) is 29.9. The molecule has 6 nitrogen and oxygen atoms in total. The van der Waals surface area contributed by atoms with Gasteiger partial charge < -0.3 is 19.9 Å². The van der Waals surface area contributed by atoms with Crippen LogP contribution in [0.3, 0.4) is 0 Å². The van der Waals surface area contributed by atoms with Crippen LogP contribution >= 0.6 is 0 Å². The van der Waals surface area contributed by atoms with Crippen LogP contribution in [0.15, 0.2) is 0 Å². The van der Waals surface area contributed by atoms with Crippen LogP contribution in [-0.2, 0) is 9.53 Å². The molecule has 2 saturated heterocycles. The Morgan fingerprint density at radius 1 is 1.07 bits per heavy atom. The molecule has 0 unspecified atom stereocenters. The van der Waals surface area contributed by atoms with Gasteiger partial charge in [0, 0.05) is 42.7 Å². The highest BCUT2D eigenvalue weighted by Crippen LogP contribution is 2.33. The molecule has 0 atom stereocenters. The fourth-order valence-electron chi connectivity index (χ4n) is 5.16. The van der Waals surface area contributed by atoms with Crippen molar-refractivity contribution in [2.75, 3.05) is 19.6 Å². The smallest absolute Gasteiger partial charge is 0.410 e. The lowest BCUT2D eigenvalue weighted by molar-refractivity contribution is -0.141. The van der Waals surface area contributed by atoms with E-state index >= 15 is 0 Å². The average Bonchev–Trinajstić information content (AvgIpc) is 2.58. The van der Waals surface area contributed by atoms with Gasteiger partial charge in [-0.25, -0.2) is 4.79 Å². The maximum atomic E-state index is 13.6. The number of carbonyl (C=O) groups excluding carboxylic acids is 2. The fraction of sp³-hybridized carbons (Fsp3) is 0.917. The van der Waals surface area contributed by atoms with E-state index < -0.39 is 5.60 Å². The summed E-state index contributed by atoms with van der Waals surface area (Å²) in [5, 5.41) is 3.73. The van der Waals surface area contributed by atoms with Crippen LogP contribution < -0.4 is 5.32 Å². The molecule has 0 saturated carbocycles. The molecule has 0 spiro atoms. The second-order valence-corrected chi connectivity index (χ2v) is 11.6. The maximum absolute atomic E-state index is 13.6. The molecule has 0 aromatic carbocycles. The topological polar surface area (TPSA) is 61.9 Å². The van der Waals surface area contributed by atoms with Gasteiger partial charge in [-0.2, -0.15) is 0 Å². The van der Waals surface area contributed by atoms with Gasteiger partial charge in [-0.15, -0.1) is 0 Å². The summed E-state index contributed by atoms with van der Waals surface area (Å²) in [5.74, 6) is 0.285. The first kappa shape index (κ1) is 25.0. The van der Waals surface area contributed by atoms with Crippen molar-refractivity contribution in [3.8, 4) is 0 Å². The van der Waals surface area contributed by atoms with Crippen LogP contribution in [0.2, 0.25) is 0 Å². The number of hydrogen-bond acceptors (Lipinski definition) is 4. The van der Waals surface area contributed by atoms with E-state index in [9.17, 15) is 9.59 Å². The number of nitrogens with zero attached hydrogens (tertiary/aromatic N) is 2. The molecular weight excluding hydrogens is 378 g/mol. The van der Waals surface area contributed by atoms with Gasteiger partial charge in [0.15, 0.2) is 0 Å². The minimum absolute atomic E-state index is 0.00153. The molecule has 2 amide bonds. The van der Waals surface area contributed by atoms with Crippen LogP contribution in [0.4, 0.5) is 4.79 Å². The second-order valence-electron chi connectivity index (χ2n) is 11.6. The first-order valence-electron chi connectivity index (χ1n) is 11.8. The highest BCUT2D eigenvalue weighted by molar-refractivity contribution is 5.80. The average molecular weight is 424 g/mol. The molecule has 0 aromatic rings. The quantitative estimate of drug-likeness (QED) is 0.703. The van der Waals surface area contributed by atoms with Crippen molar-refractivity contribution in [1.82, 2.24) is 15.1 Å². The molecule has 174 valence electrons. The number of hydrogen-bond donors (Lipinski definition) is 1. The number of nitrogens with one attached hydrogen (secondary N) is 1. The van der Waals surface area contributed by atoms with Gasteiger partial charge in [-0.1, -0.05) is 13.3 Å². The number of unbranched alkanes of at least 4 members (excludes halogenated alkanes) is 1. The third-order valence-electron chi connectivity index (χ3n) is 6.14. The molecule has 30 heavy (non-hydrogen) atoms. The zero-order valence-electron chi connectivity index (χ0n) is 20.6. The molecule has 2 heterocycles. The summed E-state index contributed by atoms with van der Waals surface area (Å²) in [6.45, 7) is 18.8. The second kappa shape index (κ2) is 9.46. The van der Waals surface area contributed by atoms with E-state index in [1.54, 1.807) is 4.90 Å². The molecular formula is C24H45N3O3. The number of amides is 2. The van der Waals surface area contributed by atoms with E-state index in [1.807, 2.05) is 20.8 Å². The summed E-state index contributed by atoms with van der Waals surface area (Å²) < 4.78 is 5.50. The highest BCUT2D eigenvalue weighted by atomic mass is 16.6. The van der Waals surface area contributed by atoms with Gasteiger partial charge >= 0.3 is 6.09 Å². The summed E-state index contributed by atoms with van der Waals surface area (Å²) in [7, 11) is 0. The fourth-order valence-corrected chi connectivity index (χ4v) is 5.16. The lowest BCUT2D eigenvalue weighted by atomic mass is 9.78. The van der Waals surface area contributed by atoms with Gasteiger partial charge in [0.2, 0.25) is 5.91 Å². The van der Waals surface area contributed by atoms with Crippen LogP contribution in [0.1, 0.15) is 93.9 Å². The third-order valence-corrected chi connectivity index (χ3v) is 6.14. The Bertz CT molecular complexity index is 585.